The van der Waals surface area contributed by atoms with Crippen LogP contribution in [0.4, 0.5) is 4.39 Å². The first-order valence-electron chi connectivity index (χ1n) is 6.89. The van der Waals surface area contributed by atoms with E-state index in [1.165, 1.54) is 25.0 Å². The molecule has 0 atom stereocenters. The topological polar surface area (TPSA) is 38.3 Å². The van der Waals surface area contributed by atoms with Gasteiger partial charge in [0.25, 0.3) is 0 Å². The fourth-order valence-corrected chi connectivity index (χ4v) is 2.42. The number of ketones is 1. The Bertz CT molecular complexity index is 442. The molecule has 1 N–H and O–H groups in total. The molecule has 1 aromatic carbocycles. The summed E-state index contributed by atoms with van der Waals surface area (Å²) in [5.74, 6) is -0.356. The second-order valence-corrected chi connectivity index (χ2v) is 4.86. The van der Waals surface area contributed by atoms with Gasteiger partial charge in [0.05, 0.1) is 13.2 Å². The molecule has 104 valence electrons. The van der Waals surface area contributed by atoms with Crippen LogP contribution >= 0.6 is 0 Å². The van der Waals surface area contributed by atoms with Crippen LogP contribution in [0.1, 0.15) is 43.0 Å². The lowest BCUT2D eigenvalue weighted by Crippen LogP contribution is -2.31. The third-order valence-electron chi connectivity index (χ3n) is 3.46. The van der Waals surface area contributed by atoms with Crippen LogP contribution in [0.2, 0.25) is 0 Å². The third-order valence-corrected chi connectivity index (χ3v) is 3.46. The molecule has 0 saturated heterocycles. The smallest absolute Gasteiger partial charge is 0.176 e. The molecular weight excluding hydrogens is 245 g/mol. The van der Waals surface area contributed by atoms with E-state index in [0.717, 1.165) is 12.8 Å². The summed E-state index contributed by atoms with van der Waals surface area (Å²) in [6, 6.07) is 4.83. The van der Waals surface area contributed by atoms with E-state index >= 15 is 0 Å². The minimum atomic E-state index is -0.478. The number of nitrogens with one attached hydrogen (secondary N) is 1. The van der Waals surface area contributed by atoms with Crippen molar-refractivity contribution in [2.24, 2.45) is 0 Å². The SMILES string of the molecule is CCOc1ccc(C(=O)CNC2CCCC2)cc1F. The molecule has 0 bridgehead atoms. The van der Waals surface area contributed by atoms with E-state index in [9.17, 15) is 9.18 Å². The molecule has 0 spiro atoms. The van der Waals surface area contributed by atoms with Gasteiger partial charge >= 0.3 is 0 Å². The molecule has 2 rings (SSSR count). The second kappa shape index (κ2) is 6.66. The van der Waals surface area contributed by atoms with Crippen molar-refractivity contribution in [1.29, 1.82) is 0 Å². The molecular formula is C15H20FNO2. The van der Waals surface area contributed by atoms with Gasteiger partial charge in [-0.2, -0.15) is 0 Å². The van der Waals surface area contributed by atoms with Gasteiger partial charge in [0.2, 0.25) is 0 Å². The van der Waals surface area contributed by atoms with Crippen LogP contribution in [0, 0.1) is 5.82 Å². The van der Waals surface area contributed by atoms with Crippen LogP contribution in [0.25, 0.3) is 0 Å². The lowest BCUT2D eigenvalue weighted by atomic mass is 10.1. The molecule has 0 heterocycles. The summed E-state index contributed by atoms with van der Waals surface area (Å²) in [6.07, 6.45) is 4.71. The van der Waals surface area contributed by atoms with E-state index in [-0.39, 0.29) is 18.1 Å². The summed E-state index contributed by atoms with van der Waals surface area (Å²) >= 11 is 0. The molecule has 19 heavy (non-hydrogen) atoms. The molecule has 0 amide bonds. The van der Waals surface area contributed by atoms with E-state index in [0.29, 0.717) is 18.2 Å². The molecule has 0 radical (unpaired) electrons. The molecule has 3 nitrogen and oxygen atoms in total. The quantitative estimate of drug-likeness (QED) is 0.804. The number of hydrogen-bond acceptors (Lipinski definition) is 3. The van der Waals surface area contributed by atoms with E-state index in [1.807, 2.05) is 0 Å². The number of Topliss-reactive ketones (excluding diaryl/α,β-unsaturated/α-hetero) is 1. The fraction of sp³-hybridized carbons (Fsp3) is 0.533. The van der Waals surface area contributed by atoms with Crippen molar-refractivity contribution < 1.29 is 13.9 Å². The molecule has 0 aliphatic heterocycles. The Morgan fingerprint density at radius 1 is 1.42 bits per heavy atom. The van der Waals surface area contributed by atoms with Gasteiger partial charge in [-0.25, -0.2) is 4.39 Å². The van der Waals surface area contributed by atoms with Gasteiger partial charge in [0, 0.05) is 11.6 Å². The summed E-state index contributed by atoms with van der Waals surface area (Å²) in [5.41, 5.74) is 0.395. The van der Waals surface area contributed by atoms with Gasteiger partial charge in [0.15, 0.2) is 17.3 Å². The maximum atomic E-state index is 13.6. The second-order valence-electron chi connectivity index (χ2n) is 4.86. The first kappa shape index (κ1) is 14.0. The maximum Gasteiger partial charge on any atom is 0.176 e. The number of benzene rings is 1. The summed E-state index contributed by atoms with van der Waals surface area (Å²) in [6.45, 7) is 2.48. The van der Waals surface area contributed by atoms with Crippen molar-refractivity contribution in [3.63, 3.8) is 0 Å². The zero-order valence-electron chi connectivity index (χ0n) is 11.2. The number of halogens is 1. The van der Waals surface area contributed by atoms with Crippen molar-refractivity contribution >= 4 is 5.78 Å². The third kappa shape index (κ3) is 3.77. The maximum absolute atomic E-state index is 13.6. The van der Waals surface area contributed by atoms with Crippen LogP contribution in [-0.4, -0.2) is 25.0 Å². The molecule has 0 unspecified atom stereocenters. The zero-order valence-corrected chi connectivity index (χ0v) is 11.2. The Balaban J connectivity index is 1.92. The Morgan fingerprint density at radius 2 is 2.16 bits per heavy atom. The lowest BCUT2D eigenvalue weighted by molar-refractivity contribution is 0.0987. The van der Waals surface area contributed by atoms with Crippen molar-refractivity contribution in [3.8, 4) is 5.75 Å². The highest BCUT2D eigenvalue weighted by Crippen LogP contribution is 2.19. The predicted molar refractivity (Wildman–Crippen MR) is 72.2 cm³/mol. The summed E-state index contributed by atoms with van der Waals surface area (Å²) in [4.78, 5) is 12.0. The monoisotopic (exact) mass is 265 g/mol. The Labute approximate surface area is 113 Å². The van der Waals surface area contributed by atoms with E-state index in [4.69, 9.17) is 4.74 Å². The van der Waals surface area contributed by atoms with E-state index in [2.05, 4.69) is 5.32 Å². The summed E-state index contributed by atoms with van der Waals surface area (Å²) in [5, 5.41) is 3.24. The van der Waals surface area contributed by atoms with Gasteiger partial charge in [-0.3, -0.25) is 4.79 Å². The number of hydrogen-bond donors (Lipinski definition) is 1. The number of carbonyl (C=O) groups is 1. The standard InChI is InChI=1S/C15H20FNO2/c1-2-19-15-8-7-11(9-13(15)16)14(18)10-17-12-5-3-4-6-12/h7-9,12,17H,2-6,10H2,1H3. The largest absolute Gasteiger partial charge is 0.491 e. The number of ether oxygens (including phenoxy) is 1. The Kier molecular flexibility index (Phi) is 4.91. The van der Waals surface area contributed by atoms with Gasteiger partial charge in [-0.15, -0.1) is 0 Å². The molecule has 1 aromatic rings. The van der Waals surface area contributed by atoms with Crippen molar-refractivity contribution in [2.45, 2.75) is 38.6 Å². The highest BCUT2D eigenvalue weighted by molar-refractivity contribution is 5.97. The normalized spacial score (nSPS) is 15.7. The van der Waals surface area contributed by atoms with Gasteiger partial charge < -0.3 is 10.1 Å². The first-order valence-corrected chi connectivity index (χ1v) is 6.89. The zero-order chi connectivity index (χ0) is 13.7. The molecule has 1 aliphatic carbocycles. The Hall–Kier alpha value is -1.42. The average Bonchev–Trinajstić information content (AvgIpc) is 2.91. The molecule has 0 aromatic heterocycles. The first-order chi connectivity index (χ1) is 9.20. The van der Waals surface area contributed by atoms with Gasteiger partial charge in [0.1, 0.15) is 0 Å². The minimum Gasteiger partial charge on any atom is -0.491 e. The summed E-state index contributed by atoms with van der Waals surface area (Å²) in [7, 11) is 0. The highest BCUT2D eigenvalue weighted by Gasteiger charge is 2.16. The van der Waals surface area contributed by atoms with Crippen LogP contribution in [-0.2, 0) is 0 Å². The van der Waals surface area contributed by atoms with E-state index in [1.54, 1.807) is 13.0 Å². The van der Waals surface area contributed by atoms with Crippen molar-refractivity contribution in [1.82, 2.24) is 5.32 Å². The average molecular weight is 265 g/mol. The van der Waals surface area contributed by atoms with Crippen molar-refractivity contribution in [3.05, 3.63) is 29.6 Å². The van der Waals surface area contributed by atoms with Crippen LogP contribution in [0.5, 0.6) is 5.75 Å². The summed E-state index contributed by atoms with van der Waals surface area (Å²) < 4.78 is 18.8. The van der Waals surface area contributed by atoms with Crippen LogP contribution < -0.4 is 10.1 Å². The molecule has 4 heteroatoms. The molecule has 1 saturated carbocycles. The number of rotatable bonds is 6. The molecule has 1 fully saturated rings. The lowest BCUT2D eigenvalue weighted by Gasteiger charge is -2.11. The van der Waals surface area contributed by atoms with Crippen LogP contribution in [0.3, 0.4) is 0 Å². The Morgan fingerprint density at radius 3 is 2.79 bits per heavy atom. The number of carbonyl (C=O) groups excluding carboxylic acids is 1. The molecule has 1 aliphatic rings. The van der Waals surface area contributed by atoms with Gasteiger partial charge in [-0.05, 0) is 38.0 Å². The fourth-order valence-electron chi connectivity index (χ4n) is 2.42. The van der Waals surface area contributed by atoms with E-state index < -0.39 is 5.82 Å². The van der Waals surface area contributed by atoms with Gasteiger partial charge in [-0.1, -0.05) is 12.8 Å². The van der Waals surface area contributed by atoms with Crippen LogP contribution in [0.15, 0.2) is 18.2 Å². The highest BCUT2D eigenvalue weighted by atomic mass is 19.1. The predicted octanol–water partition coefficient (Wildman–Crippen LogP) is 2.94. The van der Waals surface area contributed by atoms with Crippen molar-refractivity contribution in [2.75, 3.05) is 13.2 Å². The minimum absolute atomic E-state index is 0.0751.